The van der Waals surface area contributed by atoms with Crippen molar-refractivity contribution in [2.45, 2.75) is 20.3 Å². The summed E-state index contributed by atoms with van der Waals surface area (Å²) < 4.78 is 13.4. The van der Waals surface area contributed by atoms with E-state index in [1.165, 1.54) is 6.07 Å². The molecule has 0 atom stereocenters. The van der Waals surface area contributed by atoms with Crippen molar-refractivity contribution < 1.29 is 4.39 Å². The molecule has 1 aromatic rings. The Kier molecular flexibility index (Phi) is 4.49. The van der Waals surface area contributed by atoms with Crippen molar-refractivity contribution in [2.24, 2.45) is 0 Å². The number of halogens is 1. The summed E-state index contributed by atoms with van der Waals surface area (Å²) in [4.78, 5) is 0. The molecule has 0 aliphatic rings. The Bertz CT molecular complexity index is 352. The minimum Gasteiger partial charge on any atom is -0.362 e. The summed E-state index contributed by atoms with van der Waals surface area (Å²) in [6.07, 6.45) is 0.984. The number of anilines is 1. The van der Waals surface area contributed by atoms with Crippen molar-refractivity contribution in [1.82, 2.24) is 5.32 Å². The molecule has 15 heavy (non-hydrogen) atoms. The molecule has 0 aliphatic carbocycles. The Morgan fingerprint density at radius 3 is 2.80 bits per heavy atom. The third kappa shape index (κ3) is 3.83. The van der Waals surface area contributed by atoms with Gasteiger partial charge in [-0.1, -0.05) is 13.0 Å². The van der Waals surface area contributed by atoms with Crippen LogP contribution in [0.25, 0.3) is 0 Å². The second-order valence-corrected chi connectivity index (χ2v) is 3.77. The Hall–Kier alpha value is -1.16. The molecule has 0 bridgehead atoms. The van der Waals surface area contributed by atoms with Crippen molar-refractivity contribution in [2.75, 3.05) is 11.9 Å². The normalized spacial score (nSPS) is 9.80. The fourth-order valence-corrected chi connectivity index (χ4v) is 1.34. The molecule has 0 spiro atoms. The number of benzene rings is 1. The van der Waals surface area contributed by atoms with Gasteiger partial charge in [-0.15, -0.1) is 0 Å². The van der Waals surface area contributed by atoms with E-state index in [4.69, 9.17) is 12.2 Å². The van der Waals surface area contributed by atoms with Crippen LogP contribution in [0.5, 0.6) is 0 Å². The molecule has 0 amide bonds. The van der Waals surface area contributed by atoms with Gasteiger partial charge in [0.15, 0.2) is 5.11 Å². The van der Waals surface area contributed by atoms with Gasteiger partial charge in [-0.3, -0.25) is 0 Å². The Balaban J connectivity index is 2.60. The maximum atomic E-state index is 13.4. The van der Waals surface area contributed by atoms with Gasteiger partial charge in [0.25, 0.3) is 0 Å². The highest BCUT2D eigenvalue weighted by Gasteiger charge is 2.03. The summed E-state index contributed by atoms with van der Waals surface area (Å²) in [5, 5.41) is 6.25. The standard InChI is InChI=1S/C11H15FN2S/c1-3-6-13-11(15)14-10-5-4-8(2)7-9(10)12/h4-5,7H,3,6H2,1-2H3,(H2,13,14,15). The average molecular weight is 226 g/mol. The van der Waals surface area contributed by atoms with E-state index < -0.39 is 0 Å². The first-order valence-electron chi connectivity index (χ1n) is 4.94. The van der Waals surface area contributed by atoms with E-state index in [1.807, 2.05) is 19.9 Å². The fourth-order valence-electron chi connectivity index (χ4n) is 1.13. The largest absolute Gasteiger partial charge is 0.362 e. The van der Waals surface area contributed by atoms with E-state index in [2.05, 4.69) is 10.6 Å². The number of thiocarbonyl (C=S) groups is 1. The Morgan fingerprint density at radius 1 is 1.47 bits per heavy atom. The first-order chi connectivity index (χ1) is 7.13. The zero-order valence-electron chi connectivity index (χ0n) is 8.93. The first-order valence-corrected chi connectivity index (χ1v) is 5.35. The van der Waals surface area contributed by atoms with E-state index in [-0.39, 0.29) is 5.82 Å². The summed E-state index contributed by atoms with van der Waals surface area (Å²) in [6.45, 7) is 4.68. The van der Waals surface area contributed by atoms with Crippen LogP contribution in [0.1, 0.15) is 18.9 Å². The van der Waals surface area contributed by atoms with Crippen molar-refractivity contribution in [3.63, 3.8) is 0 Å². The summed E-state index contributed by atoms with van der Waals surface area (Å²) in [6, 6.07) is 5.00. The summed E-state index contributed by atoms with van der Waals surface area (Å²) in [7, 11) is 0. The molecular weight excluding hydrogens is 211 g/mol. The summed E-state index contributed by atoms with van der Waals surface area (Å²) in [5.74, 6) is -0.282. The minimum atomic E-state index is -0.282. The molecular formula is C11H15FN2S. The molecule has 2 nitrogen and oxygen atoms in total. The maximum Gasteiger partial charge on any atom is 0.170 e. The topological polar surface area (TPSA) is 24.1 Å². The third-order valence-corrected chi connectivity index (χ3v) is 2.15. The average Bonchev–Trinajstić information content (AvgIpc) is 2.19. The highest BCUT2D eigenvalue weighted by molar-refractivity contribution is 7.80. The van der Waals surface area contributed by atoms with Gasteiger partial charge < -0.3 is 10.6 Å². The van der Waals surface area contributed by atoms with Gasteiger partial charge in [-0.25, -0.2) is 4.39 Å². The van der Waals surface area contributed by atoms with Crippen LogP contribution in [0.15, 0.2) is 18.2 Å². The lowest BCUT2D eigenvalue weighted by atomic mass is 10.2. The number of hydrogen-bond donors (Lipinski definition) is 2. The highest BCUT2D eigenvalue weighted by Crippen LogP contribution is 2.14. The van der Waals surface area contributed by atoms with Crippen LogP contribution in [0.3, 0.4) is 0 Å². The molecule has 82 valence electrons. The van der Waals surface area contributed by atoms with Gasteiger partial charge in [0.05, 0.1) is 5.69 Å². The van der Waals surface area contributed by atoms with Crippen LogP contribution in [0.2, 0.25) is 0 Å². The van der Waals surface area contributed by atoms with Gasteiger partial charge in [0, 0.05) is 6.54 Å². The number of aryl methyl sites for hydroxylation is 1. The van der Waals surface area contributed by atoms with Crippen LogP contribution in [0, 0.1) is 12.7 Å². The van der Waals surface area contributed by atoms with E-state index in [1.54, 1.807) is 6.07 Å². The van der Waals surface area contributed by atoms with Crippen LogP contribution in [-0.2, 0) is 0 Å². The second kappa shape index (κ2) is 5.66. The molecule has 0 unspecified atom stereocenters. The van der Waals surface area contributed by atoms with Gasteiger partial charge >= 0.3 is 0 Å². The van der Waals surface area contributed by atoms with Gasteiger partial charge in [0.2, 0.25) is 0 Å². The van der Waals surface area contributed by atoms with E-state index in [0.29, 0.717) is 10.8 Å². The van der Waals surface area contributed by atoms with Gasteiger partial charge in [-0.05, 0) is 43.3 Å². The lowest BCUT2D eigenvalue weighted by Gasteiger charge is -2.10. The van der Waals surface area contributed by atoms with Crippen molar-refractivity contribution in [3.05, 3.63) is 29.6 Å². The fraction of sp³-hybridized carbons (Fsp3) is 0.364. The highest BCUT2D eigenvalue weighted by atomic mass is 32.1. The smallest absolute Gasteiger partial charge is 0.170 e. The number of rotatable bonds is 3. The van der Waals surface area contributed by atoms with Crippen LogP contribution in [0.4, 0.5) is 10.1 Å². The summed E-state index contributed by atoms with van der Waals surface area (Å²) in [5.41, 5.74) is 1.31. The second-order valence-electron chi connectivity index (χ2n) is 3.36. The molecule has 0 radical (unpaired) electrons. The molecule has 4 heteroatoms. The monoisotopic (exact) mass is 226 g/mol. The molecule has 0 fully saturated rings. The van der Waals surface area contributed by atoms with Gasteiger partial charge in [-0.2, -0.15) is 0 Å². The van der Waals surface area contributed by atoms with Crippen LogP contribution in [-0.4, -0.2) is 11.7 Å². The third-order valence-electron chi connectivity index (χ3n) is 1.91. The minimum absolute atomic E-state index is 0.282. The Labute approximate surface area is 94.9 Å². The van der Waals surface area contributed by atoms with Crippen LogP contribution < -0.4 is 10.6 Å². The SMILES string of the molecule is CCCNC(=S)Nc1ccc(C)cc1F. The van der Waals surface area contributed by atoms with E-state index in [9.17, 15) is 4.39 Å². The zero-order valence-corrected chi connectivity index (χ0v) is 9.75. The molecule has 2 N–H and O–H groups in total. The lowest BCUT2D eigenvalue weighted by molar-refractivity contribution is 0.631. The molecule has 0 saturated heterocycles. The molecule has 0 aromatic heterocycles. The van der Waals surface area contributed by atoms with Crippen molar-refractivity contribution in [3.8, 4) is 0 Å². The van der Waals surface area contributed by atoms with E-state index in [0.717, 1.165) is 18.5 Å². The zero-order chi connectivity index (χ0) is 11.3. The van der Waals surface area contributed by atoms with E-state index >= 15 is 0 Å². The van der Waals surface area contributed by atoms with Crippen LogP contribution >= 0.6 is 12.2 Å². The quantitative estimate of drug-likeness (QED) is 0.775. The molecule has 1 aromatic carbocycles. The predicted molar refractivity (Wildman–Crippen MR) is 65.7 cm³/mol. The van der Waals surface area contributed by atoms with Crippen molar-refractivity contribution >= 4 is 23.0 Å². The van der Waals surface area contributed by atoms with Gasteiger partial charge in [0.1, 0.15) is 5.82 Å². The summed E-state index contributed by atoms with van der Waals surface area (Å²) >= 11 is 5.01. The molecule has 0 heterocycles. The Morgan fingerprint density at radius 2 is 2.20 bits per heavy atom. The molecule has 0 saturated carbocycles. The predicted octanol–water partition coefficient (Wildman–Crippen LogP) is 2.83. The molecule has 0 aliphatic heterocycles. The number of hydrogen-bond acceptors (Lipinski definition) is 1. The first kappa shape index (κ1) is 11.9. The molecule has 1 rings (SSSR count). The number of nitrogens with one attached hydrogen (secondary N) is 2. The maximum absolute atomic E-state index is 13.4. The lowest BCUT2D eigenvalue weighted by Crippen LogP contribution is -2.29. The van der Waals surface area contributed by atoms with Crippen molar-refractivity contribution in [1.29, 1.82) is 0 Å².